The molecule has 1 fully saturated rings. The van der Waals surface area contributed by atoms with E-state index in [-0.39, 0.29) is 0 Å². The molecule has 2 aliphatic heterocycles. The van der Waals surface area contributed by atoms with E-state index in [9.17, 15) is 0 Å². The summed E-state index contributed by atoms with van der Waals surface area (Å²) in [5, 5.41) is 0. The zero-order chi connectivity index (χ0) is 20.8. The van der Waals surface area contributed by atoms with Crippen LogP contribution in [0.2, 0.25) is 0 Å². The zero-order valence-electron chi connectivity index (χ0n) is 18.8. The summed E-state index contributed by atoms with van der Waals surface area (Å²) in [5.41, 5.74) is 0. The number of nitrogens with zero attached hydrogens (tertiary/aromatic N) is 4. The minimum atomic E-state index is 0.417. The second-order valence-electron chi connectivity index (χ2n) is 7.08. The molecule has 0 bridgehead atoms. The maximum Gasteiger partial charge on any atom is 0.0979 e. The first-order valence-corrected chi connectivity index (χ1v) is 10.2. The SMILES string of the molecule is COCCN1C=CN(CCOC)C1C.COCCN1CCN(CCOC)C1C. The molecule has 0 radical (unpaired) electrons. The van der Waals surface area contributed by atoms with Gasteiger partial charge in [0.15, 0.2) is 0 Å². The summed E-state index contributed by atoms with van der Waals surface area (Å²) in [7, 11) is 6.97. The van der Waals surface area contributed by atoms with Crippen molar-refractivity contribution >= 4 is 0 Å². The molecule has 0 aliphatic carbocycles. The average molecular weight is 403 g/mol. The van der Waals surface area contributed by atoms with E-state index < -0.39 is 0 Å². The molecule has 0 aromatic heterocycles. The molecule has 0 spiro atoms. The molecule has 2 rings (SSSR count). The molecule has 2 aliphatic rings. The highest BCUT2D eigenvalue weighted by Gasteiger charge is 2.27. The topological polar surface area (TPSA) is 49.9 Å². The van der Waals surface area contributed by atoms with Crippen molar-refractivity contribution in [1.82, 2.24) is 19.6 Å². The van der Waals surface area contributed by atoms with E-state index in [2.05, 4.69) is 45.8 Å². The summed E-state index contributed by atoms with van der Waals surface area (Å²) in [4.78, 5) is 9.41. The van der Waals surface area contributed by atoms with Crippen molar-refractivity contribution in [2.45, 2.75) is 26.2 Å². The van der Waals surface area contributed by atoms with E-state index in [1.54, 1.807) is 28.4 Å². The highest BCUT2D eigenvalue weighted by molar-refractivity contribution is 4.95. The minimum Gasteiger partial charge on any atom is -0.383 e. The molecule has 1 saturated heterocycles. The first-order valence-electron chi connectivity index (χ1n) is 10.2. The van der Waals surface area contributed by atoms with Crippen molar-refractivity contribution in [1.29, 1.82) is 0 Å². The smallest absolute Gasteiger partial charge is 0.0979 e. The maximum atomic E-state index is 5.08. The van der Waals surface area contributed by atoms with Gasteiger partial charge in [0.2, 0.25) is 0 Å². The van der Waals surface area contributed by atoms with Crippen LogP contribution in [0.3, 0.4) is 0 Å². The van der Waals surface area contributed by atoms with E-state index in [1.807, 2.05) is 0 Å². The van der Waals surface area contributed by atoms with Crippen LogP contribution in [-0.4, -0.2) is 126 Å². The predicted molar refractivity (Wildman–Crippen MR) is 112 cm³/mol. The van der Waals surface area contributed by atoms with Crippen molar-refractivity contribution in [3.05, 3.63) is 12.4 Å². The van der Waals surface area contributed by atoms with Crippen LogP contribution < -0.4 is 0 Å². The normalized spacial score (nSPS) is 18.9. The summed E-state index contributed by atoms with van der Waals surface area (Å²) in [6.07, 6.45) is 5.17. The van der Waals surface area contributed by atoms with Crippen LogP contribution >= 0.6 is 0 Å². The summed E-state index contributed by atoms with van der Waals surface area (Å²) in [6, 6.07) is 0. The largest absolute Gasteiger partial charge is 0.383 e. The number of hydrogen-bond acceptors (Lipinski definition) is 8. The highest BCUT2D eigenvalue weighted by Crippen LogP contribution is 2.14. The number of rotatable bonds is 12. The van der Waals surface area contributed by atoms with Gasteiger partial charge < -0.3 is 28.7 Å². The third kappa shape index (κ3) is 8.63. The Morgan fingerprint density at radius 1 is 0.607 bits per heavy atom. The molecule has 0 atom stereocenters. The second-order valence-corrected chi connectivity index (χ2v) is 7.08. The predicted octanol–water partition coefficient (Wildman–Crippen LogP) is 0.957. The number of hydrogen-bond donors (Lipinski definition) is 0. The van der Waals surface area contributed by atoms with Gasteiger partial charge in [-0.2, -0.15) is 0 Å². The Labute approximate surface area is 171 Å². The monoisotopic (exact) mass is 402 g/mol. The van der Waals surface area contributed by atoms with Gasteiger partial charge in [-0.15, -0.1) is 0 Å². The van der Waals surface area contributed by atoms with Crippen molar-refractivity contribution in [2.24, 2.45) is 0 Å². The summed E-state index contributed by atoms with van der Waals surface area (Å²) in [6.45, 7) is 13.9. The Hall–Kier alpha value is -0.900. The molecule has 0 saturated carbocycles. The minimum absolute atomic E-state index is 0.417. The van der Waals surface area contributed by atoms with Crippen LogP contribution in [0, 0.1) is 0 Å². The lowest BCUT2D eigenvalue weighted by molar-refractivity contribution is 0.0886. The Morgan fingerprint density at radius 3 is 1.32 bits per heavy atom. The lowest BCUT2D eigenvalue weighted by Crippen LogP contribution is -2.39. The van der Waals surface area contributed by atoms with Crippen molar-refractivity contribution in [3.8, 4) is 0 Å². The van der Waals surface area contributed by atoms with Crippen LogP contribution in [0.5, 0.6) is 0 Å². The molecule has 166 valence electrons. The molecule has 28 heavy (non-hydrogen) atoms. The third-order valence-electron chi connectivity index (χ3n) is 5.41. The zero-order valence-corrected chi connectivity index (χ0v) is 18.8. The average Bonchev–Trinajstić information content (AvgIpc) is 3.24. The van der Waals surface area contributed by atoms with Gasteiger partial charge in [0.25, 0.3) is 0 Å². The van der Waals surface area contributed by atoms with Crippen molar-refractivity contribution in [3.63, 3.8) is 0 Å². The van der Waals surface area contributed by atoms with Crippen LogP contribution in [0.1, 0.15) is 13.8 Å². The van der Waals surface area contributed by atoms with E-state index in [0.29, 0.717) is 12.3 Å². The third-order valence-corrected chi connectivity index (χ3v) is 5.41. The van der Waals surface area contributed by atoms with Gasteiger partial charge in [-0.05, 0) is 13.8 Å². The fraction of sp³-hybridized carbons (Fsp3) is 0.900. The van der Waals surface area contributed by atoms with Crippen LogP contribution in [0.15, 0.2) is 12.4 Å². The molecule has 0 aromatic rings. The van der Waals surface area contributed by atoms with Crippen LogP contribution in [-0.2, 0) is 18.9 Å². The van der Waals surface area contributed by atoms with Gasteiger partial charge in [-0.25, -0.2) is 0 Å². The Kier molecular flexibility index (Phi) is 13.5. The molecular weight excluding hydrogens is 360 g/mol. The first-order chi connectivity index (χ1) is 13.6. The van der Waals surface area contributed by atoms with E-state index in [4.69, 9.17) is 18.9 Å². The Balaban J connectivity index is 0.000000280. The number of methoxy groups -OCH3 is 4. The molecule has 8 nitrogen and oxygen atoms in total. The molecule has 0 N–H and O–H groups in total. The standard InChI is InChI=1S/C10H22N2O2.C10H20N2O2/c2*1-10-11(6-8-13-2)4-5-12(10)7-9-14-3/h10H,4-9H2,1-3H3;4-5,10H,6-9H2,1-3H3. The van der Waals surface area contributed by atoms with Gasteiger partial charge in [-0.1, -0.05) is 0 Å². The van der Waals surface area contributed by atoms with Crippen molar-refractivity contribution in [2.75, 3.05) is 94.1 Å². The van der Waals surface area contributed by atoms with E-state index in [1.165, 1.54) is 0 Å². The van der Waals surface area contributed by atoms with Gasteiger partial charge in [0, 0.05) is 80.1 Å². The molecule has 0 unspecified atom stereocenters. The maximum absolute atomic E-state index is 5.08. The van der Waals surface area contributed by atoms with Gasteiger partial charge in [0.1, 0.15) is 0 Å². The van der Waals surface area contributed by atoms with Crippen LogP contribution in [0.4, 0.5) is 0 Å². The lowest BCUT2D eigenvalue weighted by atomic mass is 10.4. The molecule has 0 aromatic carbocycles. The van der Waals surface area contributed by atoms with E-state index >= 15 is 0 Å². The van der Waals surface area contributed by atoms with Crippen molar-refractivity contribution < 1.29 is 18.9 Å². The first kappa shape index (κ1) is 25.1. The quantitative estimate of drug-likeness (QED) is 0.478. The molecule has 8 heteroatoms. The lowest BCUT2D eigenvalue weighted by Gasteiger charge is -2.29. The molecular formula is C20H42N4O4. The van der Waals surface area contributed by atoms with Gasteiger partial charge in [-0.3, -0.25) is 9.80 Å². The van der Waals surface area contributed by atoms with Crippen LogP contribution in [0.25, 0.3) is 0 Å². The summed E-state index contributed by atoms with van der Waals surface area (Å²) < 4.78 is 20.3. The van der Waals surface area contributed by atoms with Gasteiger partial charge >= 0.3 is 0 Å². The summed E-state index contributed by atoms with van der Waals surface area (Å²) >= 11 is 0. The number of ether oxygens (including phenoxy) is 4. The Morgan fingerprint density at radius 2 is 0.964 bits per heavy atom. The Bertz CT molecular complexity index is 380. The fourth-order valence-electron chi connectivity index (χ4n) is 3.40. The molecule has 2 heterocycles. The van der Waals surface area contributed by atoms with E-state index in [0.717, 1.165) is 65.7 Å². The van der Waals surface area contributed by atoms with Gasteiger partial charge in [0.05, 0.1) is 38.8 Å². The second kappa shape index (κ2) is 15.0. The fourth-order valence-corrected chi connectivity index (χ4v) is 3.40. The molecule has 0 amide bonds. The summed E-state index contributed by atoms with van der Waals surface area (Å²) in [5.74, 6) is 0. The highest BCUT2D eigenvalue weighted by atomic mass is 16.5.